The summed E-state index contributed by atoms with van der Waals surface area (Å²) in [6.07, 6.45) is 1.88. The van der Waals surface area contributed by atoms with Gasteiger partial charge < -0.3 is 10.2 Å². The van der Waals surface area contributed by atoms with Gasteiger partial charge in [0.15, 0.2) is 0 Å². The SMILES string of the molecule is CCCCNC(=O)[C@@H](Cc1ccccc1)N(Cc1ccc(F)cc1)C(=O)Cc1ccccc1F. The Bertz CT molecular complexity index is 1070. The van der Waals surface area contributed by atoms with Gasteiger partial charge in [-0.3, -0.25) is 9.59 Å². The smallest absolute Gasteiger partial charge is 0.243 e. The van der Waals surface area contributed by atoms with Crippen molar-refractivity contribution in [3.63, 3.8) is 0 Å². The van der Waals surface area contributed by atoms with E-state index in [2.05, 4.69) is 5.32 Å². The highest BCUT2D eigenvalue weighted by molar-refractivity contribution is 5.88. The Hall–Kier alpha value is -3.54. The van der Waals surface area contributed by atoms with Crippen molar-refractivity contribution in [1.29, 1.82) is 0 Å². The topological polar surface area (TPSA) is 49.4 Å². The van der Waals surface area contributed by atoms with E-state index in [1.54, 1.807) is 30.3 Å². The van der Waals surface area contributed by atoms with Crippen molar-refractivity contribution < 1.29 is 18.4 Å². The van der Waals surface area contributed by atoms with Crippen molar-refractivity contribution in [3.8, 4) is 0 Å². The zero-order valence-corrected chi connectivity index (χ0v) is 19.3. The minimum absolute atomic E-state index is 0.103. The molecule has 0 saturated carbocycles. The van der Waals surface area contributed by atoms with E-state index in [0.717, 1.165) is 18.4 Å². The van der Waals surface area contributed by atoms with E-state index in [1.165, 1.54) is 23.1 Å². The summed E-state index contributed by atoms with van der Waals surface area (Å²) in [5, 5.41) is 2.94. The molecule has 0 heterocycles. The zero-order chi connectivity index (χ0) is 24.3. The maximum absolute atomic E-state index is 14.3. The number of hydrogen-bond donors (Lipinski definition) is 1. The third kappa shape index (κ3) is 7.24. The highest BCUT2D eigenvalue weighted by atomic mass is 19.1. The van der Waals surface area contributed by atoms with Gasteiger partial charge in [0.25, 0.3) is 0 Å². The van der Waals surface area contributed by atoms with Gasteiger partial charge in [0.05, 0.1) is 6.42 Å². The van der Waals surface area contributed by atoms with Crippen LogP contribution in [0.25, 0.3) is 0 Å². The van der Waals surface area contributed by atoms with Gasteiger partial charge in [-0.15, -0.1) is 0 Å². The van der Waals surface area contributed by atoms with Crippen LogP contribution in [-0.2, 0) is 29.0 Å². The van der Waals surface area contributed by atoms with E-state index >= 15 is 0 Å². The first-order chi connectivity index (χ1) is 16.5. The fraction of sp³-hybridized carbons (Fsp3) is 0.286. The van der Waals surface area contributed by atoms with E-state index in [9.17, 15) is 18.4 Å². The van der Waals surface area contributed by atoms with Crippen molar-refractivity contribution in [2.45, 2.75) is 45.2 Å². The predicted octanol–water partition coefficient (Wildman–Crippen LogP) is 5.06. The van der Waals surface area contributed by atoms with Gasteiger partial charge in [-0.1, -0.05) is 74.0 Å². The standard InChI is InChI=1S/C28H30F2N2O2/c1-2-3-17-31-28(34)26(18-21-9-5-4-6-10-21)32(20-22-13-15-24(29)16-14-22)27(33)19-23-11-7-8-12-25(23)30/h4-16,26H,2-3,17-20H2,1H3,(H,31,34)/t26-/m1/s1. The van der Waals surface area contributed by atoms with Crippen LogP contribution in [0, 0.1) is 11.6 Å². The fourth-order valence-electron chi connectivity index (χ4n) is 3.75. The van der Waals surface area contributed by atoms with Gasteiger partial charge in [-0.05, 0) is 41.3 Å². The Labute approximate surface area is 199 Å². The molecule has 0 aliphatic heterocycles. The van der Waals surface area contributed by atoms with Gasteiger partial charge in [0, 0.05) is 19.5 Å². The Morgan fingerprint density at radius 1 is 0.882 bits per heavy atom. The zero-order valence-electron chi connectivity index (χ0n) is 19.3. The van der Waals surface area contributed by atoms with Crippen LogP contribution in [0.1, 0.15) is 36.5 Å². The lowest BCUT2D eigenvalue weighted by atomic mass is 10.0. The van der Waals surface area contributed by atoms with E-state index in [0.29, 0.717) is 18.5 Å². The van der Waals surface area contributed by atoms with Crippen LogP contribution in [-0.4, -0.2) is 29.3 Å². The van der Waals surface area contributed by atoms with Gasteiger partial charge in [-0.2, -0.15) is 0 Å². The van der Waals surface area contributed by atoms with Crippen LogP contribution < -0.4 is 5.32 Å². The molecule has 34 heavy (non-hydrogen) atoms. The molecule has 6 heteroatoms. The molecule has 0 aliphatic carbocycles. The lowest BCUT2D eigenvalue weighted by molar-refractivity contribution is -0.140. The Morgan fingerprint density at radius 3 is 2.24 bits per heavy atom. The summed E-state index contributed by atoms with van der Waals surface area (Å²) in [5.74, 6) is -1.49. The fourth-order valence-corrected chi connectivity index (χ4v) is 3.75. The second-order valence-corrected chi connectivity index (χ2v) is 8.27. The quantitative estimate of drug-likeness (QED) is 0.403. The highest BCUT2D eigenvalue weighted by Crippen LogP contribution is 2.18. The average molecular weight is 465 g/mol. The van der Waals surface area contributed by atoms with Gasteiger partial charge >= 0.3 is 0 Å². The number of nitrogens with one attached hydrogen (secondary N) is 1. The number of hydrogen-bond acceptors (Lipinski definition) is 2. The molecule has 2 amide bonds. The van der Waals surface area contributed by atoms with Crippen LogP contribution in [0.3, 0.4) is 0 Å². The molecule has 0 bridgehead atoms. The number of benzene rings is 3. The molecular formula is C28H30F2N2O2. The molecule has 0 unspecified atom stereocenters. The molecule has 1 atom stereocenters. The minimum Gasteiger partial charge on any atom is -0.354 e. The summed E-state index contributed by atoms with van der Waals surface area (Å²) in [6, 6.07) is 20.6. The number of nitrogens with zero attached hydrogens (tertiary/aromatic N) is 1. The number of halogens is 2. The molecule has 3 aromatic rings. The first-order valence-electron chi connectivity index (χ1n) is 11.6. The first kappa shape index (κ1) is 25.1. The van der Waals surface area contributed by atoms with Crippen molar-refractivity contribution in [2.75, 3.05) is 6.54 Å². The molecule has 0 spiro atoms. The molecule has 0 saturated heterocycles. The molecule has 0 radical (unpaired) electrons. The van der Waals surface area contributed by atoms with E-state index in [-0.39, 0.29) is 36.2 Å². The van der Waals surface area contributed by atoms with Gasteiger partial charge in [0.1, 0.15) is 17.7 Å². The second kappa shape index (κ2) is 12.6. The van der Waals surface area contributed by atoms with Crippen LogP contribution in [0.4, 0.5) is 8.78 Å². The lowest BCUT2D eigenvalue weighted by Crippen LogP contribution is -2.51. The molecule has 4 nitrogen and oxygen atoms in total. The van der Waals surface area contributed by atoms with Gasteiger partial charge in [-0.25, -0.2) is 8.78 Å². The van der Waals surface area contributed by atoms with Crippen molar-refractivity contribution in [2.24, 2.45) is 0 Å². The molecule has 1 N–H and O–H groups in total. The van der Waals surface area contributed by atoms with E-state index < -0.39 is 11.9 Å². The largest absolute Gasteiger partial charge is 0.354 e. The van der Waals surface area contributed by atoms with Crippen LogP contribution in [0.15, 0.2) is 78.9 Å². The van der Waals surface area contributed by atoms with Crippen molar-refractivity contribution in [1.82, 2.24) is 10.2 Å². The number of unbranched alkanes of at least 4 members (excludes halogenated alkanes) is 1. The second-order valence-electron chi connectivity index (χ2n) is 8.27. The third-order valence-corrected chi connectivity index (χ3v) is 5.67. The lowest BCUT2D eigenvalue weighted by Gasteiger charge is -2.31. The number of carbonyl (C=O) groups is 2. The maximum Gasteiger partial charge on any atom is 0.243 e. The number of carbonyl (C=O) groups excluding carboxylic acids is 2. The summed E-state index contributed by atoms with van der Waals surface area (Å²) in [5.41, 5.74) is 1.85. The van der Waals surface area contributed by atoms with Crippen LogP contribution >= 0.6 is 0 Å². The molecule has 3 aromatic carbocycles. The van der Waals surface area contributed by atoms with E-state index in [1.807, 2.05) is 37.3 Å². The summed E-state index contributed by atoms with van der Waals surface area (Å²) >= 11 is 0. The minimum atomic E-state index is -0.802. The van der Waals surface area contributed by atoms with Crippen LogP contribution in [0.2, 0.25) is 0 Å². The van der Waals surface area contributed by atoms with E-state index in [4.69, 9.17) is 0 Å². The van der Waals surface area contributed by atoms with Crippen molar-refractivity contribution in [3.05, 3.63) is 107 Å². The third-order valence-electron chi connectivity index (χ3n) is 5.67. The Morgan fingerprint density at radius 2 is 1.56 bits per heavy atom. The summed E-state index contributed by atoms with van der Waals surface area (Å²) in [4.78, 5) is 28.3. The molecule has 0 aromatic heterocycles. The molecule has 0 fully saturated rings. The normalized spacial score (nSPS) is 11.6. The average Bonchev–Trinajstić information content (AvgIpc) is 2.84. The molecule has 3 rings (SSSR count). The highest BCUT2D eigenvalue weighted by Gasteiger charge is 2.30. The Kier molecular flexibility index (Phi) is 9.32. The monoisotopic (exact) mass is 464 g/mol. The van der Waals surface area contributed by atoms with Crippen molar-refractivity contribution >= 4 is 11.8 Å². The molecular weight excluding hydrogens is 434 g/mol. The molecule has 178 valence electrons. The Balaban J connectivity index is 1.94. The first-order valence-corrected chi connectivity index (χ1v) is 11.6. The summed E-state index contributed by atoms with van der Waals surface area (Å²) < 4.78 is 27.8. The predicted molar refractivity (Wildman–Crippen MR) is 129 cm³/mol. The molecule has 0 aliphatic rings. The maximum atomic E-state index is 14.3. The number of amides is 2. The van der Waals surface area contributed by atoms with Crippen LogP contribution in [0.5, 0.6) is 0 Å². The number of rotatable bonds is 11. The summed E-state index contributed by atoms with van der Waals surface area (Å²) in [6.45, 7) is 2.64. The van der Waals surface area contributed by atoms with Gasteiger partial charge in [0.2, 0.25) is 11.8 Å². The summed E-state index contributed by atoms with van der Waals surface area (Å²) in [7, 11) is 0.